The smallest absolute Gasteiger partial charge is 0.226 e. The highest BCUT2D eigenvalue weighted by molar-refractivity contribution is 8.01. The summed E-state index contributed by atoms with van der Waals surface area (Å²) >= 11 is 2.32. The molecule has 1 amide bonds. The Morgan fingerprint density at radius 3 is 2.12 bits per heavy atom. The number of nitrogens with one attached hydrogen (secondary N) is 2. The van der Waals surface area contributed by atoms with Crippen molar-refractivity contribution in [3.8, 4) is 0 Å². The molecule has 2 heterocycles. The predicted octanol–water partition coefficient (Wildman–Crippen LogP) is 8.37. The van der Waals surface area contributed by atoms with Gasteiger partial charge in [-0.25, -0.2) is 0 Å². The summed E-state index contributed by atoms with van der Waals surface area (Å²) in [6, 6.07) is 11.5. The molecule has 5 heteroatoms. The zero-order chi connectivity index (χ0) is 27.9. The minimum atomic E-state index is 0.174. The SMILES string of the molecule is O=C([C@H]1C[C@@H]1c1ccccc1)N(CC1CCC2(CCCCCCCCC2)S1)C1CNNC1C1CCCCCCCC1. The number of thioether (sulfide) groups is 1. The van der Waals surface area contributed by atoms with E-state index in [2.05, 4.69) is 57.8 Å². The number of nitrogens with zero attached hydrogens (tertiary/aromatic N) is 1. The van der Waals surface area contributed by atoms with Crippen LogP contribution in [0.15, 0.2) is 30.3 Å². The van der Waals surface area contributed by atoms with E-state index in [1.54, 1.807) is 0 Å². The highest BCUT2D eigenvalue weighted by Crippen LogP contribution is 2.52. The Labute approximate surface area is 254 Å². The number of amides is 1. The molecule has 5 atom stereocenters. The van der Waals surface area contributed by atoms with E-state index in [0.717, 1.165) is 19.5 Å². The first-order valence-electron chi connectivity index (χ1n) is 17.7. The third-order valence-electron chi connectivity index (χ3n) is 11.4. The van der Waals surface area contributed by atoms with E-state index in [4.69, 9.17) is 0 Å². The molecule has 0 bridgehead atoms. The van der Waals surface area contributed by atoms with E-state index < -0.39 is 0 Å². The number of hydrazine groups is 1. The summed E-state index contributed by atoms with van der Waals surface area (Å²) in [6.07, 6.45) is 27.3. The van der Waals surface area contributed by atoms with Crippen LogP contribution in [0.5, 0.6) is 0 Å². The van der Waals surface area contributed by atoms with Crippen LogP contribution < -0.4 is 10.9 Å². The molecule has 5 aliphatic rings. The van der Waals surface area contributed by atoms with Crippen molar-refractivity contribution in [2.75, 3.05) is 13.1 Å². The second-order valence-electron chi connectivity index (χ2n) is 14.4. The number of carbonyl (C=O) groups excluding carboxylic acids is 1. The lowest BCUT2D eigenvalue weighted by Crippen LogP contribution is -2.53. The van der Waals surface area contributed by atoms with E-state index in [0.29, 0.717) is 33.8 Å². The van der Waals surface area contributed by atoms with Crippen molar-refractivity contribution in [3.63, 3.8) is 0 Å². The first-order valence-corrected chi connectivity index (χ1v) is 18.6. The van der Waals surface area contributed by atoms with Gasteiger partial charge in [0.2, 0.25) is 5.91 Å². The maximum absolute atomic E-state index is 14.5. The lowest BCUT2D eigenvalue weighted by molar-refractivity contribution is -0.135. The number of hydrogen-bond donors (Lipinski definition) is 2. The first-order chi connectivity index (χ1) is 20.2. The van der Waals surface area contributed by atoms with Gasteiger partial charge in [0.15, 0.2) is 0 Å². The lowest BCUT2D eigenvalue weighted by atomic mass is 9.85. The molecule has 6 rings (SSSR count). The van der Waals surface area contributed by atoms with E-state index in [9.17, 15) is 4.79 Å². The molecule has 1 aromatic carbocycles. The van der Waals surface area contributed by atoms with Gasteiger partial charge in [0.25, 0.3) is 0 Å². The fourth-order valence-electron chi connectivity index (χ4n) is 8.92. The Balaban J connectivity index is 1.18. The average molecular weight is 580 g/mol. The highest BCUT2D eigenvalue weighted by Gasteiger charge is 2.50. The summed E-state index contributed by atoms with van der Waals surface area (Å²) in [5.41, 5.74) is 8.67. The fraction of sp³-hybridized carbons (Fsp3) is 0.806. The zero-order valence-corrected chi connectivity index (χ0v) is 26.5. The summed E-state index contributed by atoms with van der Waals surface area (Å²) in [5, 5.41) is 0.595. The monoisotopic (exact) mass is 579 g/mol. The molecule has 2 saturated heterocycles. The Morgan fingerprint density at radius 2 is 1.44 bits per heavy atom. The van der Waals surface area contributed by atoms with Crippen LogP contribution in [0.3, 0.4) is 0 Å². The minimum Gasteiger partial charge on any atom is -0.335 e. The van der Waals surface area contributed by atoms with Gasteiger partial charge >= 0.3 is 0 Å². The molecule has 3 aliphatic carbocycles. The molecule has 0 radical (unpaired) electrons. The van der Waals surface area contributed by atoms with Crippen molar-refractivity contribution < 1.29 is 4.79 Å². The standard InChI is InChI=1S/C36H57N3OS/c40-35(32-25-31(32)28-17-13-10-14-18-28)39(33-26-37-38-34(33)29-19-11-6-2-3-7-12-20-29)27-30-21-24-36(41-30)22-15-8-4-1-5-9-16-23-36/h10,13-14,17-18,29-34,37-38H,1-9,11-12,15-16,19-27H2/t30?,31-,32+,33?,34?/m1/s1. The zero-order valence-electron chi connectivity index (χ0n) is 25.7. The van der Waals surface area contributed by atoms with E-state index in [1.165, 1.54) is 128 Å². The van der Waals surface area contributed by atoms with Crippen LogP contribution in [-0.4, -0.2) is 46.0 Å². The second kappa shape index (κ2) is 14.6. The second-order valence-corrected chi connectivity index (χ2v) is 16.1. The van der Waals surface area contributed by atoms with E-state index in [-0.39, 0.29) is 12.0 Å². The van der Waals surface area contributed by atoms with Gasteiger partial charge in [0, 0.05) is 35.0 Å². The van der Waals surface area contributed by atoms with E-state index in [1.807, 2.05) is 0 Å². The Hall–Kier alpha value is -1.04. The molecule has 1 spiro atoms. The van der Waals surface area contributed by atoms with Crippen LogP contribution in [-0.2, 0) is 4.79 Å². The normalized spacial score (nSPS) is 33.5. The molecular formula is C36H57N3OS. The van der Waals surface area contributed by atoms with Crippen molar-refractivity contribution in [1.82, 2.24) is 15.8 Å². The summed E-state index contributed by atoms with van der Waals surface area (Å²) in [6.45, 7) is 1.86. The number of benzene rings is 1. The molecule has 0 aromatic heterocycles. The van der Waals surface area contributed by atoms with Crippen LogP contribution in [0.2, 0.25) is 0 Å². The number of rotatable bonds is 6. The molecule has 4 nitrogen and oxygen atoms in total. The van der Waals surface area contributed by atoms with Crippen molar-refractivity contribution >= 4 is 17.7 Å². The van der Waals surface area contributed by atoms with Crippen LogP contribution in [0.25, 0.3) is 0 Å². The molecular weight excluding hydrogens is 522 g/mol. The molecule has 3 saturated carbocycles. The quantitative estimate of drug-likeness (QED) is 0.355. The summed E-state index contributed by atoms with van der Waals surface area (Å²) in [4.78, 5) is 16.9. The van der Waals surface area contributed by atoms with Gasteiger partial charge in [-0.15, -0.1) is 11.8 Å². The molecule has 3 unspecified atom stereocenters. The topological polar surface area (TPSA) is 44.4 Å². The molecule has 2 N–H and O–H groups in total. The van der Waals surface area contributed by atoms with Gasteiger partial charge < -0.3 is 4.90 Å². The number of carbonyl (C=O) groups is 1. The summed E-state index contributed by atoms with van der Waals surface area (Å²) in [7, 11) is 0. The van der Waals surface area contributed by atoms with Gasteiger partial charge in [-0.1, -0.05) is 114 Å². The largest absolute Gasteiger partial charge is 0.335 e. The molecule has 41 heavy (non-hydrogen) atoms. The van der Waals surface area contributed by atoms with Crippen molar-refractivity contribution in [2.45, 2.75) is 156 Å². The Kier molecular flexibility index (Phi) is 10.7. The maximum atomic E-state index is 14.5. The lowest BCUT2D eigenvalue weighted by Gasteiger charge is -2.38. The van der Waals surface area contributed by atoms with Crippen LogP contribution in [0.4, 0.5) is 0 Å². The molecule has 1 aromatic rings. The fourth-order valence-corrected chi connectivity index (χ4v) is 10.9. The number of hydrogen-bond acceptors (Lipinski definition) is 4. The Morgan fingerprint density at radius 1 is 0.805 bits per heavy atom. The van der Waals surface area contributed by atoms with Crippen LogP contribution >= 0.6 is 11.8 Å². The minimum absolute atomic E-state index is 0.174. The summed E-state index contributed by atoms with van der Waals surface area (Å²) in [5.74, 6) is 1.72. The third-order valence-corrected chi connectivity index (χ3v) is 13.3. The van der Waals surface area contributed by atoms with E-state index >= 15 is 0 Å². The van der Waals surface area contributed by atoms with Gasteiger partial charge in [-0.2, -0.15) is 0 Å². The van der Waals surface area contributed by atoms with Crippen molar-refractivity contribution in [3.05, 3.63) is 35.9 Å². The average Bonchev–Trinajstić information content (AvgIpc) is 3.42. The van der Waals surface area contributed by atoms with Crippen molar-refractivity contribution in [1.29, 1.82) is 0 Å². The van der Waals surface area contributed by atoms with Gasteiger partial charge in [-0.05, 0) is 62.3 Å². The highest BCUT2D eigenvalue weighted by atomic mass is 32.2. The maximum Gasteiger partial charge on any atom is 0.226 e. The van der Waals surface area contributed by atoms with Gasteiger partial charge in [-0.3, -0.25) is 15.6 Å². The summed E-state index contributed by atoms with van der Waals surface area (Å²) < 4.78 is 0.478. The molecule has 5 fully saturated rings. The van der Waals surface area contributed by atoms with Crippen molar-refractivity contribution in [2.24, 2.45) is 11.8 Å². The van der Waals surface area contributed by atoms with Crippen LogP contribution in [0.1, 0.15) is 140 Å². The predicted molar refractivity (Wildman–Crippen MR) is 173 cm³/mol. The molecule has 228 valence electrons. The third kappa shape index (κ3) is 7.73. The first kappa shape index (κ1) is 30.0. The van der Waals surface area contributed by atoms with Gasteiger partial charge in [0.1, 0.15) is 0 Å². The van der Waals surface area contributed by atoms with Crippen LogP contribution in [0, 0.1) is 11.8 Å². The molecule has 2 aliphatic heterocycles. The van der Waals surface area contributed by atoms with Gasteiger partial charge in [0.05, 0.1) is 6.04 Å². The Bertz CT molecular complexity index is 935.